The first kappa shape index (κ1) is 14.9. The molecule has 110 valence electrons. The van der Waals surface area contributed by atoms with Crippen molar-refractivity contribution in [2.45, 2.75) is 39.2 Å². The highest BCUT2D eigenvalue weighted by atomic mass is 16.5. The Bertz CT molecular complexity index is 468. The second-order valence-electron chi connectivity index (χ2n) is 5.30. The molecule has 1 N–H and O–H groups in total. The minimum Gasteiger partial charge on any atom is -0.501 e. The van der Waals surface area contributed by atoms with Crippen LogP contribution in [0.1, 0.15) is 43.4 Å². The third-order valence-corrected chi connectivity index (χ3v) is 3.63. The molecular weight excluding hydrogens is 250 g/mol. The Kier molecular flexibility index (Phi) is 5.48. The van der Waals surface area contributed by atoms with Crippen molar-refractivity contribution < 1.29 is 9.47 Å². The number of nitrogens with one attached hydrogen (secondary N) is 1. The van der Waals surface area contributed by atoms with Crippen LogP contribution in [0.2, 0.25) is 0 Å². The molecule has 0 saturated carbocycles. The monoisotopic (exact) mass is 275 g/mol. The molecule has 0 saturated heterocycles. The molecular formula is C17H25NO2. The fourth-order valence-corrected chi connectivity index (χ4v) is 2.58. The highest BCUT2D eigenvalue weighted by Gasteiger charge is 2.21. The quantitative estimate of drug-likeness (QED) is 0.858. The molecule has 1 aliphatic rings. The first-order valence-corrected chi connectivity index (χ1v) is 7.44. The van der Waals surface area contributed by atoms with Crippen molar-refractivity contribution in [1.29, 1.82) is 0 Å². The molecule has 1 atom stereocenters. The zero-order valence-electron chi connectivity index (χ0n) is 12.7. The number of hydrogen-bond acceptors (Lipinski definition) is 3. The number of rotatable bonds is 6. The van der Waals surface area contributed by atoms with Gasteiger partial charge in [-0.25, -0.2) is 0 Å². The molecule has 0 radical (unpaired) electrons. The number of aryl methyl sites for hydroxylation is 1. The topological polar surface area (TPSA) is 30.5 Å². The number of ether oxygens (including phenoxy) is 2. The molecule has 0 spiro atoms. The predicted molar refractivity (Wildman–Crippen MR) is 82.0 cm³/mol. The van der Waals surface area contributed by atoms with Crippen LogP contribution in [0, 0.1) is 6.92 Å². The lowest BCUT2D eigenvalue weighted by atomic mass is 9.93. The maximum atomic E-state index is 5.57. The molecule has 1 aromatic carbocycles. The van der Waals surface area contributed by atoms with Crippen molar-refractivity contribution in [2.75, 3.05) is 20.3 Å². The molecule has 0 aromatic heterocycles. The van der Waals surface area contributed by atoms with Crippen LogP contribution in [0.25, 0.3) is 0 Å². The van der Waals surface area contributed by atoms with Gasteiger partial charge in [0, 0.05) is 5.56 Å². The van der Waals surface area contributed by atoms with Crippen LogP contribution >= 0.6 is 0 Å². The fraction of sp³-hybridized carbons (Fsp3) is 0.529. The maximum Gasteiger partial charge on any atom is 0.124 e. The van der Waals surface area contributed by atoms with E-state index in [1.165, 1.54) is 16.7 Å². The summed E-state index contributed by atoms with van der Waals surface area (Å²) in [7, 11) is 1.74. The van der Waals surface area contributed by atoms with E-state index in [1.807, 2.05) is 6.26 Å². The number of benzene rings is 1. The Morgan fingerprint density at radius 3 is 2.90 bits per heavy atom. The molecule has 0 fully saturated rings. The molecule has 1 unspecified atom stereocenters. The van der Waals surface area contributed by atoms with Gasteiger partial charge in [-0.05, 0) is 49.9 Å². The van der Waals surface area contributed by atoms with E-state index < -0.39 is 0 Å². The Morgan fingerprint density at radius 1 is 1.40 bits per heavy atom. The van der Waals surface area contributed by atoms with E-state index in [4.69, 9.17) is 9.47 Å². The normalized spacial score (nSPS) is 16.2. The highest BCUT2D eigenvalue weighted by molar-refractivity contribution is 5.42. The summed E-state index contributed by atoms with van der Waals surface area (Å²) in [5.41, 5.74) is 3.73. The zero-order chi connectivity index (χ0) is 14.4. The van der Waals surface area contributed by atoms with Gasteiger partial charge in [-0.1, -0.05) is 19.1 Å². The van der Waals surface area contributed by atoms with E-state index in [-0.39, 0.29) is 6.04 Å². The number of hydrogen-bond donors (Lipinski definition) is 1. The summed E-state index contributed by atoms with van der Waals surface area (Å²) in [6, 6.07) is 6.59. The van der Waals surface area contributed by atoms with Crippen LogP contribution in [0.15, 0.2) is 30.0 Å². The Hall–Kier alpha value is -1.48. The van der Waals surface area contributed by atoms with Crippen molar-refractivity contribution in [2.24, 2.45) is 0 Å². The molecule has 3 heteroatoms. The SMILES string of the molecule is CCCNC(C1=COCCC1)c1ccc(C)cc1OC. The summed E-state index contributed by atoms with van der Waals surface area (Å²) in [6.45, 7) is 6.08. The first-order chi connectivity index (χ1) is 9.76. The highest BCUT2D eigenvalue weighted by Crippen LogP contribution is 2.34. The van der Waals surface area contributed by atoms with Crippen LogP contribution < -0.4 is 10.1 Å². The van der Waals surface area contributed by atoms with Crippen molar-refractivity contribution in [3.8, 4) is 5.75 Å². The van der Waals surface area contributed by atoms with Crippen LogP contribution in [0.4, 0.5) is 0 Å². The van der Waals surface area contributed by atoms with Gasteiger partial charge in [0.1, 0.15) is 5.75 Å². The third kappa shape index (κ3) is 3.54. The smallest absolute Gasteiger partial charge is 0.124 e. The largest absolute Gasteiger partial charge is 0.501 e. The van der Waals surface area contributed by atoms with Gasteiger partial charge in [-0.2, -0.15) is 0 Å². The lowest BCUT2D eigenvalue weighted by Gasteiger charge is -2.26. The maximum absolute atomic E-state index is 5.57. The van der Waals surface area contributed by atoms with Crippen LogP contribution in [-0.2, 0) is 4.74 Å². The van der Waals surface area contributed by atoms with Crippen molar-refractivity contribution in [1.82, 2.24) is 5.32 Å². The molecule has 20 heavy (non-hydrogen) atoms. The van der Waals surface area contributed by atoms with Crippen molar-refractivity contribution >= 4 is 0 Å². The number of methoxy groups -OCH3 is 1. The molecule has 1 aromatic rings. The fourth-order valence-electron chi connectivity index (χ4n) is 2.58. The molecule has 2 rings (SSSR count). The van der Waals surface area contributed by atoms with Crippen molar-refractivity contribution in [3.05, 3.63) is 41.2 Å². The molecule has 0 amide bonds. The van der Waals surface area contributed by atoms with Gasteiger partial charge in [-0.3, -0.25) is 0 Å². The third-order valence-electron chi connectivity index (χ3n) is 3.63. The Balaban J connectivity index is 2.32. The van der Waals surface area contributed by atoms with Gasteiger partial charge in [0.2, 0.25) is 0 Å². The van der Waals surface area contributed by atoms with Crippen LogP contribution in [0.5, 0.6) is 5.75 Å². The second-order valence-corrected chi connectivity index (χ2v) is 5.30. The Labute approximate surface area is 122 Å². The van der Waals surface area contributed by atoms with Crippen LogP contribution in [-0.4, -0.2) is 20.3 Å². The van der Waals surface area contributed by atoms with E-state index in [9.17, 15) is 0 Å². The Morgan fingerprint density at radius 2 is 2.25 bits per heavy atom. The molecule has 0 bridgehead atoms. The lowest BCUT2D eigenvalue weighted by molar-refractivity contribution is 0.219. The van der Waals surface area contributed by atoms with Gasteiger partial charge in [0.25, 0.3) is 0 Å². The van der Waals surface area contributed by atoms with Crippen LogP contribution in [0.3, 0.4) is 0 Å². The standard InChI is InChI=1S/C17H25NO2/c1-4-9-18-17(14-6-5-10-20-12-14)15-8-7-13(2)11-16(15)19-3/h7-8,11-12,17-18H,4-6,9-10H2,1-3H3. The average molecular weight is 275 g/mol. The van der Waals surface area contributed by atoms with E-state index in [0.717, 1.165) is 38.2 Å². The van der Waals surface area contributed by atoms with E-state index in [1.54, 1.807) is 7.11 Å². The summed E-state index contributed by atoms with van der Waals surface area (Å²) in [6.07, 6.45) is 5.21. The van der Waals surface area contributed by atoms with E-state index in [2.05, 4.69) is 37.4 Å². The molecule has 0 aliphatic carbocycles. The van der Waals surface area contributed by atoms with E-state index in [0.29, 0.717) is 0 Å². The van der Waals surface area contributed by atoms with Gasteiger partial charge in [-0.15, -0.1) is 0 Å². The second kappa shape index (κ2) is 7.34. The summed E-state index contributed by atoms with van der Waals surface area (Å²) in [4.78, 5) is 0. The van der Waals surface area contributed by atoms with E-state index >= 15 is 0 Å². The molecule has 1 heterocycles. The van der Waals surface area contributed by atoms with Crippen molar-refractivity contribution in [3.63, 3.8) is 0 Å². The predicted octanol–water partition coefficient (Wildman–Crippen LogP) is 3.74. The summed E-state index contributed by atoms with van der Waals surface area (Å²) >= 11 is 0. The first-order valence-electron chi connectivity index (χ1n) is 7.44. The zero-order valence-corrected chi connectivity index (χ0v) is 12.7. The summed E-state index contributed by atoms with van der Waals surface area (Å²) < 4.78 is 11.1. The van der Waals surface area contributed by atoms with Gasteiger partial charge in [0.15, 0.2) is 0 Å². The van der Waals surface area contributed by atoms with Gasteiger partial charge < -0.3 is 14.8 Å². The summed E-state index contributed by atoms with van der Waals surface area (Å²) in [5, 5.41) is 3.62. The molecule has 1 aliphatic heterocycles. The molecule has 3 nitrogen and oxygen atoms in total. The van der Waals surface area contributed by atoms with Gasteiger partial charge in [0.05, 0.1) is 26.0 Å². The minimum atomic E-state index is 0.186. The average Bonchev–Trinajstić information content (AvgIpc) is 2.49. The van der Waals surface area contributed by atoms with Gasteiger partial charge >= 0.3 is 0 Å². The summed E-state index contributed by atoms with van der Waals surface area (Å²) in [5.74, 6) is 0.949. The minimum absolute atomic E-state index is 0.186. The lowest BCUT2D eigenvalue weighted by Crippen LogP contribution is -2.25.